The second-order valence-electron chi connectivity index (χ2n) is 7.25. The molecule has 20 heavy (non-hydrogen) atoms. The van der Waals surface area contributed by atoms with E-state index >= 15 is 0 Å². The number of esters is 1. The summed E-state index contributed by atoms with van der Waals surface area (Å²) in [6.45, 7) is 7.19. The summed E-state index contributed by atoms with van der Waals surface area (Å²) in [7, 11) is 0. The molecule has 0 bridgehead atoms. The number of rotatable bonds is 4. The molecule has 2 aliphatic carbocycles. The van der Waals surface area contributed by atoms with Crippen molar-refractivity contribution in [3.63, 3.8) is 0 Å². The van der Waals surface area contributed by atoms with Crippen LogP contribution in [0, 0.1) is 11.3 Å². The number of carbonyl (C=O) groups is 1. The summed E-state index contributed by atoms with van der Waals surface area (Å²) >= 11 is 0. The molecule has 1 unspecified atom stereocenters. The Kier molecular flexibility index (Phi) is 5.48. The fourth-order valence-electron chi connectivity index (χ4n) is 3.84. The van der Waals surface area contributed by atoms with Crippen molar-refractivity contribution in [2.75, 3.05) is 6.61 Å². The van der Waals surface area contributed by atoms with Crippen LogP contribution in [-0.4, -0.2) is 24.7 Å². The van der Waals surface area contributed by atoms with Crippen molar-refractivity contribution in [1.82, 2.24) is 5.32 Å². The van der Waals surface area contributed by atoms with Crippen LogP contribution in [0.4, 0.5) is 0 Å². The minimum atomic E-state index is 0.0175. The van der Waals surface area contributed by atoms with Crippen molar-refractivity contribution in [2.24, 2.45) is 11.3 Å². The quantitative estimate of drug-likeness (QED) is 0.799. The molecule has 3 nitrogen and oxygen atoms in total. The van der Waals surface area contributed by atoms with E-state index in [0.29, 0.717) is 24.1 Å². The van der Waals surface area contributed by atoms with Gasteiger partial charge in [0.15, 0.2) is 0 Å². The van der Waals surface area contributed by atoms with Crippen LogP contribution in [-0.2, 0) is 9.53 Å². The Morgan fingerprint density at radius 2 is 1.85 bits per heavy atom. The van der Waals surface area contributed by atoms with Crippen LogP contribution in [0.25, 0.3) is 0 Å². The number of ether oxygens (including phenoxy) is 1. The summed E-state index contributed by atoms with van der Waals surface area (Å²) in [5.74, 6) is 0.163. The van der Waals surface area contributed by atoms with Gasteiger partial charge in [-0.05, 0) is 50.9 Å². The Balaban J connectivity index is 1.78. The Bertz CT molecular complexity index is 319. The van der Waals surface area contributed by atoms with Crippen LogP contribution in [0.2, 0.25) is 0 Å². The molecule has 0 heterocycles. The lowest BCUT2D eigenvalue weighted by Gasteiger charge is -2.42. The maximum absolute atomic E-state index is 11.8. The highest BCUT2D eigenvalue weighted by molar-refractivity contribution is 5.72. The van der Waals surface area contributed by atoms with Gasteiger partial charge in [0.25, 0.3) is 0 Å². The lowest BCUT2D eigenvalue weighted by molar-refractivity contribution is -0.149. The van der Waals surface area contributed by atoms with Gasteiger partial charge in [-0.25, -0.2) is 0 Å². The lowest BCUT2D eigenvalue weighted by atomic mass is 9.72. The van der Waals surface area contributed by atoms with E-state index in [2.05, 4.69) is 19.2 Å². The molecule has 3 heteroatoms. The average Bonchev–Trinajstić information content (AvgIpc) is 2.42. The van der Waals surface area contributed by atoms with Crippen molar-refractivity contribution < 1.29 is 9.53 Å². The second kappa shape index (κ2) is 6.93. The molecule has 0 aliphatic heterocycles. The maximum Gasteiger partial charge on any atom is 0.308 e. The lowest BCUT2D eigenvalue weighted by Crippen LogP contribution is -2.49. The summed E-state index contributed by atoms with van der Waals surface area (Å²) in [6, 6.07) is 1.25. The third-order valence-corrected chi connectivity index (χ3v) is 5.29. The van der Waals surface area contributed by atoms with E-state index in [-0.39, 0.29) is 11.9 Å². The largest absolute Gasteiger partial charge is 0.466 e. The van der Waals surface area contributed by atoms with E-state index in [1.807, 2.05) is 6.92 Å². The molecule has 2 fully saturated rings. The molecule has 0 radical (unpaired) electrons. The monoisotopic (exact) mass is 281 g/mol. The van der Waals surface area contributed by atoms with E-state index in [1.54, 1.807) is 0 Å². The van der Waals surface area contributed by atoms with Crippen molar-refractivity contribution in [3.05, 3.63) is 0 Å². The van der Waals surface area contributed by atoms with Crippen LogP contribution in [0.3, 0.4) is 0 Å². The van der Waals surface area contributed by atoms with Crippen LogP contribution >= 0.6 is 0 Å². The smallest absolute Gasteiger partial charge is 0.308 e. The summed E-state index contributed by atoms with van der Waals surface area (Å²) in [5, 5.41) is 3.89. The SMILES string of the molecule is CCOC(=O)C1CCC(NC2CCCCC2(C)C)CC1. The first-order chi connectivity index (χ1) is 9.53. The normalized spacial score (nSPS) is 33.6. The minimum Gasteiger partial charge on any atom is -0.466 e. The van der Waals surface area contributed by atoms with Gasteiger partial charge >= 0.3 is 5.97 Å². The molecule has 1 N–H and O–H groups in total. The van der Waals surface area contributed by atoms with Gasteiger partial charge in [0, 0.05) is 12.1 Å². The van der Waals surface area contributed by atoms with Crippen LogP contribution in [0.5, 0.6) is 0 Å². The van der Waals surface area contributed by atoms with Crippen molar-refractivity contribution in [2.45, 2.75) is 84.2 Å². The molecular formula is C17H31NO2. The topological polar surface area (TPSA) is 38.3 Å². The van der Waals surface area contributed by atoms with E-state index < -0.39 is 0 Å². The van der Waals surface area contributed by atoms with Crippen LogP contribution < -0.4 is 5.32 Å². The van der Waals surface area contributed by atoms with E-state index in [4.69, 9.17) is 4.74 Å². The molecular weight excluding hydrogens is 250 g/mol. The van der Waals surface area contributed by atoms with Gasteiger partial charge in [-0.1, -0.05) is 26.7 Å². The summed E-state index contributed by atoms with van der Waals surface area (Å²) in [4.78, 5) is 11.8. The van der Waals surface area contributed by atoms with E-state index in [9.17, 15) is 4.79 Å². The van der Waals surface area contributed by atoms with Gasteiger partial charge in [0.05, 0.1) is 12.5 Å². The molecule has 0 aromatic rings. The number of hydrogen-bond donors (Lipinski definition) is 1. The zero-order valence-electron chi connectivity index (χ0n) is 13.4. The van der Waals surface area contributed by atoms with Crippen LogP contribution in [0.1, 0.15) is 72.1 Å². The third-order valence-electron chi connectivity index (χ3n) is 5.29. The molecule has 2 rings (SSSR count). The first kappa shape index (κ1) is 15.8. The van der Waals surface area contributed by atoms with Crippen LogP contribution in [0.15, 0.2) is 0 Å². The number of nitrogens with one attached hydrogen (secondary N) is 1. The average molecular weight is 281 g/mol. The standard InChI is InChI=1S/C17H31NO2/c1-4-20-16(19)13-8-10-14(11-9-13)18-15-7-5-6-12-17(15,2)3/h13-15,18H,4-12H2,1-3H3. The summed E-state index contributed by atoms with van der Waals surface area (Å²) in [6.07, 6.45) is 9.60. The Hall–Kier alpha value is -0.570. The van der Waals surface area contributed by atoms with Gasteiger partial charge < -0.3 is 10.1 Å². The predicted octanol–water partition coefficient (Wildman–Crippen LogP) is 3.67. The molecule has 0 aromatic heterocycles. The Morgan fingerprint density at radius 1 is 1.15 bits per heavy atom. The van der Waals surface area contributed by atoms with Gasteiger partial charge in [0.1, 0.15) is 0 Å². The summed E-state index contributed by atoms with van der Waals surface area (Å²) in [5.41, 5.74) is 0.427. The van der Waals surface area contributed by atoms with Crippen molar-refractivity contribution in [1.29, 1.82) is 0 Å². The number of hydrogen-bond acceptors (Lipinski definition) is 3. The van der Waals surface area contributed by atoms with Gasteiger partial charge in [-0.3, -0.25) is 4.79 Å². The Morgan fingerprint density at radius 3 is 2.45 bits per heavy atom. The number of carbonyl (C=O) groups excluding carboxylic acids is 1. The molecule has 1 atom stereocenters. The fraction of sp³-hybridized carbons (Fsp3) is 0.941. The Labute approximate surface area is 123 Å². The van der Waals surface area contributed by atoms with Crippen molar-refractivity contribution >= 4 is 5.97 Å². The van der Waals surface area contributed by atoms with E-state index in [1.165, 1.54) is 25.7 Å². The molecule has 116 valence electrons. The molecule has 2 saturated carbocycles. The zero-order chi connectivity index (χ0) is 14.6. The first-order valence-electron chi connectivity index (χ1n) is 8.45. The minimum absolute atomic E-state index is 0.0175. The predicted molar refractivity (Wildman–Crippen MR) is 81.6 cm³/mol. The van der Waals surface area contributed by atoms with Crippen molar-refractivity contribution in [3.8, 4) is 0 Å². The zero-order valence-corrected chi connectivity index (χ0v) is 13.4. The molecule has 0 spiro atoms. The maximum atomic E-state index is 11.8. The van der Waals surface area contributed by atoms with Gasteiger partial charge in [-0.2, -0.15) is 0 Å². The molecule has 2 aliphatic rings. The fourth-order valence-corrected chi connectivity index (χ4v) is 3.84. The highest BCUT2D eigenvalue weighted by atomic mass is 16.5. The second-order valence-corrected chi connectivity index (χ2v) is 7.25. The van der Waals surface area contributed by atoms with Gasteiger partial charge in [-0.15, -0.1) is 0 Å². The summed E-state index contributed by atoms with van der Waals surface area (Å²) < 4.78 is 5.14. The first-order valence-corrected chi connectivity index (χ1v) is 8.45. The highest BCUT2D eigenvalue weighted by Crippen LogP contribution is 2.36. The third kappa shape index (κ3) is 3.97. The molecule has 0 aromatic carbocycles. The van der Waals surface area contributed by atoms with Gasteiger partial charge in [0.2, 0.25) is 0 Å². The molecule has 0 amide bonds. The molecule has 0 saturated heterocycles. The van der Waals surface area contributed by atoms with E-state index in [0.717, 1.165) is 25.7 Å². The highest BCUT2D eigenvalue weighted by Gasteiger charge is 2.35.